The van der Waals surface area contributed by atoms with Crippen LogP contribution in [-0.4, -0.2) is 48.3 Å². The first kappa shape index (κ1) is 19.7. The molecule has 23 heavy (non-hydrogen) atoms. The second-order valence-corrected chi connectivity index (χ2v) is 6.12. The molecule has 0 aromatic heterocycles. The summed E-state index contributed by atoms with van der Waals surface area (Å²) < 4.78 is 46.3. The van der Waals surface area contributed by atoms with Crippen molar-refractivity contribution in [2.75, 3.05) is 19.7 Å². The molecule has 1 aliphatic heterocycles. The number of piperidine rings is 1. The number of hydrogen-bond acceptors (Lipinski definition) is 4. The average Bonchev–Trinajstić information content (AvgIpc) is 2.43. The van der Waals surface area contributed by atoms with Gasteiger partial charge in [-0.05, 0) is 25.7 Å². The molecule has 1 fully saturated rings. The Morgan fingerprint density at radius 2 is 1.74 bits per heavy atom. The van der Waals surface area contributed by atoms with E-state index < -0.39 is 23.7 Å². The molecule has 0 aromatic carbocycles. The molecule has 1 N–H and O–H groups in total. The summed E-state index contributed by atoms with van der Waals surface area (Å²) in [6, 6.07) is 0. The number of rotatable bonds is 6. The maximum absolute atomic E-state index is 13.9. The molecule has 0 unspecified atom stereocenters. The van der Waals surface area contributed by atoms with Crippen LogP contribution in [0, 0.1) is 5.92 Å². The van der Waals surface area contributed by atoms with E-state index in [0.717, 1.165) is 11.3 Å². The third-order valence-corrected chi connectivity index (χ3v) is 3.73. The number of nitrogens with one attached hydrogen (secondary N) is 1. The predicted molar refractivity (Wildman–Crippen MR) is 78.4 cm³/mol. The van der Waals surface area contributed by atoms with Gasteiger partial charge in [-0.2, -0.15) is 13.2 Å². The molecule has 0 bridgehead atoms. The summed E-state index contributed by atoms with van der Waals surface area (Å²) in [6.45, 7) is 4.86. The number of ether oxygens (including phenoxy) is 1. The lowest BCUT2D eigenvalue weighted by molar-refractivity contribution is -0.251. The Bertz CT molecular complexity index is 421. The molecule has 0 aliphatic carbocycles. The van der Waals surface area contributed by atoms with Crippen LogP contribution < -0.4 is 5.32 Å². The van der Waals surface area contributed by atoms with Crippen molar-refractivity contribution in [3.63, 3.8) is 0 Å². The standard InChI is InChI=1S/C15H25F3N2O3/c1-4-23-13(22)14(15(16,17)18,19-12(21)10-11(2)3)20-8-6-5-7-9-20/h11H,4-10H2,1-3H3,(H,19,21)/t14-/m0/s1. The molecule has 8 heteroatoms. The fourth-order valence-electron chi connectivity index (χ4n) is 2.71. The largest absolute Gasteiger partial charge is 0.463 e. The van der Waals surface area contributed by atoms with Crippen molar-refractivity contribution >= 4 is 11.9 Å². The summed E-state index contributed by atoms with van der Waals surface area (Å²) in [5.41, 5.74) is -3.10. The highest BCUT2D eigenvalue weighted by molar-refractivity contribution is 5.88. The van der Waals surface area contributed by atoms with Gasteiger partial charge in [0.1, 0.15) is 0 Å². The van der Waals surface area contributed by atoms with Gasteiger partial charge >= 0.3 is 12.1 Å². The molecule has 0 radical (unpaired) electrons. The Morgan fingerprint density at radius 3 is 2.17 bits per heavy atom. The summed E-state index contributed by atoms with van der Waals surface area (Å²) in [5, 5.41) is 1.94. The van der Waals surface area contributed by atoms with Gasteiger partial charge in [-0.1, -0.05) is 20.3 Å². The third kappa shape index (κ3) is 4.59. The zero-order chi connectivity index (χ0) is 17.7. The average molecular weight is 338 g/mol. The van der Waals surface area contributed by atoms with Gasteiger partial charge in [0.25, 0.3) is 5.66 Å². The van der Waals surface area contributed by atoms with Crippen LogP contribution in [0.3, 0.4) is 0 Å². The molecule has 1 amide bonds. The second kappa shape index (κ2) is 7.99. The highest BCUT2D eigenvalue weighted by atomic mass is 19.4. The van der Waals surface area contributed by atoms with E-state index >= 15 is 0 Å². The lowest BCUT2D eigenvalue weighted by Gasteiger charge is -2.44. The summed E-state index contributed by atoms with van der Waals surface area (Å²) in [7, 11) is 0. The number of likely N-dealkylation sites (tertiary alicyclic amines) is 1. The van der Waals surface area contributed by atoms with E-state index in [1.807, 2.05) is 5.32 Å². The van der Waals surface area contributed by atoms with Crippen LogP contribution in [0.1, 0.15) is 46.5 Å². The van der Waals surface area contributed by atoms with Crippen LogP contribution in [0.2, 0.25) is 0 Å². The van der Waals surface area contributed by atoms with Crippen LogP contribution in [0.4, 0.5) is 13.2 Å². The maximum Gasteiger partial charge on any atom is 0.436 e. The number of halogens is 3. The number of carbonyl (C=O) groups excluding carboxylic acids is 2. The van der Waals surface area contributed by atoms with Crippen molar-refractivity contribution in [2.24, 2.45) is 5.92 Å². The van der Waals surface area contributed by atoms with Gasteiger partial charge in [0.2, 0.25) is 5.91 Å². The van der Waals surface area contributed by atoms with Crippen LogP contribution >= 0.6 is 0 Å². The van der Waals surface area contributed by atoms with Crippen molar-refractivity contribution in [2.45, 2.75) is 58.3 Å². The van der Waals surface area contributed by atoms with Gasteiger partial charge in [-0.25, -0.2) is 4.79 Å². The minimum Gasteiger partial charge on any atom is -0.463 e. The summed E-state index contributed by atoms with van der Waals surface area (Å²) in [6.07, 6.45) is -3.18. The van der Waals surface area contributed by atoms with Gasteiger partial charge in [-0.15, -0.1) is 0 Å². The molecule has 1 heterocycles. The molecule has 1 aliphatic rings. The fourth-order valence-corrected chi connectivity index (χ4v) is 2.71. The lowest BCUT2D eigenvalue weighted by Crippen LogP contribution is -2.74. The SMILES string of the molecule is CCOC(=O)[C@](NC(=O)CC(C)C)(N1CCCCC1)C(F)(F)F. The van der Waals surface area contributed by atoms with Crippen LogP contribution in [0.25, 0.3) is 0 Å². The van der Waals surface area contributed by atoms with E-state index in [9.17, 15) is 22.8 Å². The number of nitrogens with zero attached hydrogens (tertiary/aromatic N) is 1. The minimum absolute atomic E-state index is 0.0836. The fraction of sp³-hybridized carbons (Fsp3) is 0.867. The molecular weight excluding hydrogens is 313 g/mol. The first-order valence-electron chi connectivity index (χ1n) is 7.95. The molecule has 5 nitrogen and oxygen atoms in total. The summed E-state index contributed by atoms with van der Waals surface area (Å²) in [5.74, 6) is -2.40. The monoisotopic (exact) mass is 338 g/mol. The third-order valence-electron chi connectivity index (χ3n) is 3.73. The number of alkyl halides is 3. The Kier molecular flexibility index (Phi) is 6.85. The smallest absolute Gasteiger partial charge is 0.436 e. The number of amides is 1. The Balaban J connectivity index is 3.22. The van der Waals surface area contributed by atoms with Crippen molar-refractivity contribution in [3.05, 3.63) is 0 Å². The molecule has 0 saturated carbocycles. The summed E-state index contributed by atoms with van der Waals surface area (Å²) in [4.78, 5) is 25.2. The Hall–Kier alpha value is -1.31. The van der Waals surface area contributed by atoms with E-state index in [1.54, 1.807) is 13.8 Å². The van der Waals surface area contributed by atoms with Gasteiger partial charge in [0, 0.05) is 19.5 Å². The molecule has 134 valence electrons. The van der Waals surface area contributed by atoms with Gasteiger partial charge in [0.05, 0.1) is 6.61 Å². The second-order valence-electron chi connectivity index (χ2n) is 6.12. The molecule has 0 aromatic rings. The number of carbonyl (C=O) groups is 2. The first-order chi connectivity index (χ1) is 10.6. The molecule has 0 spiro atoms. The van der Waals surface area contributed by atoms with E-state index in [0.29, 0.717) is 12.8 Å². The van der Waals surface area contributed by atoms with Crippen LogP contribution in [0.15, 0.2) is 0 Å². The summed E-state index contributed by atoms with van der Waals surface area (Å²) >= 11 is 0. The maximum atomic E-state index is 13.9. The first-order valence-corrected chi connectivity index (χ1v) is 7.95. The predicted octanol–water partition coefficient (Wildman–Crippen LogP) is 2.46. The van der Waals surface area contributed by atoms with Crippen molar-refractivity contribution < 1.29 is 27.5 Å². The van der Waals surface area contributed by atoms with Crippen molar-refractivity contribution in [3.8, 4) is 0 Å². The van der Waals surface area contributed by atoms with E-state index in [-0.39, 0.29) is 32.0 Å². The van der Waals surface area contributed by atoms with E-state index in [1.165, 1.54) is 6.92 Å². The molecule has 1 atom stereocenters. The zero-order valence-electron chi connectivity index (χ0n) is 13.8. The van der Waals surface area contributed by atoms with Gasteiger partial charge < -0.3 is 10.1 Å². The van der Waals surface area contributed by atoms with Gasteiger partial charge in [-0.3, -0.25) is 9.69 Å². The van der Waals surface area contributed by atoms with Gasteiger partial charge in [0.15, 0.2) is 0 Å². The molecule has 1 rings (SSSR count). The number of hydrogen-bond donors (Lipinski definition) is 1. The van der Waals surface area contributed by atoms with E-state index in [4.69, 9.17) is 0 Å². The van der Waals surface area contributed by atoms with Crippen molar-refractivity contribution in [1.29, 1.82) is 0 Å². The zero-order valence-corrected chi connectivity index (χ0v) is 13.8. The lowest BCUT2D eigenvalue weighted by atomic mass is 10.0. The Labute approximate surface area is 134 Å². The highest BCUT2D eigenvalue weighted by Gasteiger charge is 2.66. The molecule has 1 saturated heterocycles. The topological polar surface area (TPSA) is 58.6 Å². The van der Waals surface area contributed by atoms with Crippen LogP contribution in [0.5, 0.6) is 0 Å². The molecular formula is C15H25F3N2O3. The Morgan fingerprint density at radius 1 is 1.17 bits per heavy atom. The van der Waals surface area contributed by atoms with Crippen LogP contribution in [-0.2, 0) is 14.3 Å². The quantitative estimate of drug-likeness (QED) is 0.756. The van der Waals surface area contributed by atoms with E-state index in [2.05, 4.69) is 4.74 Å². The minimum atomic E-state index is -4.97. The normalized spacial score (nSPS) is 19.3. The van der Waals surface area contributed by atoms with Crippen molar-refractivity contribution in [1.82, 2.24) is 10.2 Å². The highest BCUT2D eigenvalue weighted by Crippen LogP contribution is 2.36. The number of esters is 1.